The molecule has 0 spiro atoms. The quantitative estimate of drug-likeness (QED) is 0.654. The fraction of sp³-hybridized carbons (Fsp3) is 0.111. The molecule has 0 saturated heterocycles. The summed E-state index contributed by atoms with van der Waals surface area (Å²) >= 11 is 5.42. The van der Waals surface area contributed by atoms with Crippen LogP contribution in [0.4, 0.5) is 5.69 Å². The van der Waals surface area contributed by atoms with E-state index in [9.17, 15) is 18.5 Å². The Morgan fingerprint density at radius 3 is 2.71 bits per heavy atom. The molecule has 0 bridgehead atoms. The van der Waals surface area contributed by atoms with E-state index in [-0.39, 0.29) is 22.2 Å². The third kappa shape index (κ3) is 3.81. The van der Waals surface area contributed by atoms with Gasteiger partial charge in [0.15, 0.2) is 0 Å². The molecule has 0 atom stereocenters. The van der Waals surface area contributed by atoms with Crippen LogP contribution in [-0.2, 0) is 10.0 Å². The zero-order chi connectivity index (χ0) is 13.1. The number of nitro groups is 1. The van der Waals surface area contributed by atoms with Gasteiger partial charge < -0.3 is 0 Å². The Balaban J connectivity index is 3.03. The molecule has 0 fully saturated rings. The van der Waals surface area contributed by atoms with E-state index in [1.165, 1.54) is 18.2 Å². The molecule has 1 aromatic carbocycles. The number of sulfonamides is 1. The Hall–Kier alpha value is -1.44. The maximum atomic E-state index is 11.7. The van der Waals surface area contributed by atoms with Crippen LogP contribution < -0.4 is 4.72 Å². The summed E-state index contributed by atoms with van der Waals surface area (Å²) in [7, 11) is -3.81. The lowest BCUT2D eigenvalue weighted by Crippen LogP contribution is -2.24. The van der Waals surface area contributed by atoms with Crippen molar-refractivity contribution in [1.82, 2.24) is 4.72 Å². The standard InChI is InChI=1S/C9H9ClN2O4S/c1-7(10)6-11-17(15,16)9-4-2-3-8(5-9)12(13)14/h2-5,11H,1,6H2. The van der Waals surface area contributed by atoms with Crippen molar-refractivity contribution in [3.63, 3.8) is 0 Å². The topological polar surface area (TPSA) is 89.3 Å². The van der Waals surface area contributed by atoms with E-state index in [1.54, 1.807) is 0 Å². The second kappa shape index (κ2) is 5.26. The van der Waals surface area contributed by atoms with E-state index in [0.29, 0.717) is 0 Å². The van der Waals surface area contributed by atoms with Crippen LogP contribution in [0.15, 0.2) is 40.8 Å². The molecule has 0 saturated carbocycles. The molecule has 1 N–H and O–H groups in total. The molecule has 8 heteroatoms. The van der Waals surface area contributed by atoms with Crippen LogP contribution in [0.2, 0.25) is 0 Å². The third-order valence-corrected chi connectivity index (χ3v) is 3.33. The number of non-ortho nitro benzene ring substituents is 1. The summed E-state index contributed by atoms with van der Waals surface area (Å²) in [4.78, 5) is 9.64. The van der Waals surface area contributed by atoms with E-state index in [1.807, 2.05) is 0 Å². The summed E-state index contributed by atoms with van der Waals surface area (Å²) < 4.78 is 25.5. The first-order valence-corrected chi connectivity index (χ1v) is 6.26. The third-order valence-electron chi connectivity index (χ3n) is 1.79. The first kappa shape index (κ1) is 13.6. The Kier molecular flexibility index (Phi) is 4.22. The molecule has 0 aliphatic heterocycles. The van der Waals surface area contributed by atoms with Crippen molar-refractivity contribution in [3.05, 3.63) is 46.0 Å². The van der Waals surface area contributed by atoms with Crippen molar-refractivity contribution in [1.29, 1.82) is 0 Å². The van der Waals surface area contributed by atoms with Crippen LogP contribution in [0.5, 0.6) is 0 Å². The van der Waals surface area contributed by atoms with Gasteiger partial charge in [-0.2, -0.15) is 0 Å². The summed E-state index contributed by atoms with van der Waals surface area (Å²) in [6.07, 6.45) is 0. The van der Waals surface area contributed by atoms with Gasteiger partial charge in [0, 0.05) is 23.7 Å². The van der Waals surface area contributed by atoms with Gasteiger partial charge in [-0.3, -0.25) is 10.1 Å². The van der Waals surface area contributed by atoms with Crippen LogP contribution in [0.3, 0.4) is 0 Å². The molecule has 6 nitrogen and oxygen atoms in total. The second-order valence-electron chi connectivity index (χ2n) is 3.10. The van der Waals surface area contributed by atoms with E-state index in [0.717, 1.165) is 6.07 Å². The highest BCUT2D eigenvalue weighted by Gasteiger charge is 2.17. The lowest BCUT2D eigenvalue weighted by molar-refractivity contribution is -0.385. The normalized spacial score (nSPS) is 11.1. The predicted octanol–water partition coefficient (Wildman–Crippen LogP) is 1.63. The monoisotopic (exact) mass is 276 g/mol. The highest BCUT2D eigenvalue weighted by Crippen LogP contribution is 2.17. The number of nitrogens with zero attached hydrogens (tertiary/aromatic N) is 1. The molecule has 0 aliphatic rings. The number of rotatable bonds is 5. The minimum absolute atomic E-state index is 0.124. The van der Waals surface area contributed by atoms with Crippen molar-refractivity contribution < 1.29 is 13.3 Å². The number of benzene rings is 1. The molecular formula is C9H9ClN2O4S. The van der Waals surface area contributed by atoms with Crippen LogP contribution in [-0.4, -0.2) is 19.9 Å². The lowest BCUT2D eigenvalue weighted by atomic mass is 10.3. The molecule has 1 aromatic rings. The first-order valence-electron chi connectivity index (χ1n) is 4.40. The van der Waals surface area contributed by atoms with Crippen molar-refractivity contribution >= 4 is 27.3 Å². The fourth-order valence-electron chi connectivity index (χ4n) is 1.02. The Bertz CT molecular complexity index is 556. The number of hydrogen-bond donors (Lipinski definition) is 1. The van der Waals surface area contributed by atoms with Gasteiger partial charge >= 0.3 is 0 Å². The predicted molar refractivity (Wildman–Crippen MR) is 63.3 cm³/mol. The van der Waals surface area contributed by atoms with Crippen LogP contribution in [0, 0.1) is 10.1 Å². The summed E-state index contributed by atoms with van der Waals surface area (Å²) in [5.41, 5.74) is -0.294. The summed E-state index contributed by atoms with van der Waals surface area (Å²) in [6.45, 7) is 3.20. The smallest absolute Gasteiger partial charge is 0.258 e. The van der Waals surface area contributed by atoms with Crippen molar-refractivity contribution in [2.75, 3.05) is 6.54 Å². The molecule has 92 valence electrons. The molecule has 0 amide bonds. The fourth-order valence-corrected chi connectivity index (χ4v) is 2.23. The molecule has 0 aromatic heterocycles. The highest BCUT2D eigenvalue weighted by molar-refractivity contribution is 7.89. The molecule has 0 unspecified atom stereocenters. The average molecular weight is 277 g/mol. The molecule has 1 rings (SSSR count). The van der Waals surface area contributed by atoms with Gasteiger partial charge in [-0.15, -0.1) is 0 Å². The Morgan fingerprint density at radius 2 is 2.18 bits per heavy atom. The molecular weight excluding hydrogens is 268 g/mol. The molecule has 17 heavy (non-hydrogen) atoms. The summed E-state index contributed by atoms with van der Waals surface area (Å²) in [5.74, 6) is 0. The van der Waals surface area contributed by atoms with Crippen LogP contribution >= 0.6 is 11.6 Å². The Labute approximate surface area is 103 Å². The van der Waals surface area contributed by atoms with Crippen molar-refractivity contribution in [2.24, 2.45) is 0 Å². The van der Waals surface area contributed by atoms with E-state index in [2.05, 4.69) is 11.3 Å². The van der Waals surface area contributed by atoms with Gasteiger partial charge in [-0.05, 0) is 6.07 Å². The molecule has 0 radical (unpaired) electrons. The summed E-state index contributed by atoms with van der Waals surface area (Å²) in [6, 6.07) is 4.73. The van der Waals surface area contributed by atoms with Gasteiger partial charge in [0.2, 0.25) is 10.0 Å². The lowest BCUT2D eigenvalue weighted by Gasteiger charge is -2.05. The van der Waals surface area contributed by atoms with Gasteiger partial charge in [0.1, 0.15) is 0 Å². The highest BCUT2D eigenvalue weighted by atomic mass is 35.5. The van der Waals surface area contributed by atoms with E-state index < -0.39 is 14.9 Å². The average Bonchev–Trinajstić information content (AvgIpc) is 2.27. The zero-order valence-electron chi connectivity index (χ0n) is 8.59. The number of nitrogens with one attached hydrogen (secondary N) is 1. The number of halogens is 1. The number of hydrogen-bond acceptors (Lipinski definition) is 4. The van der Waals surface area contributed by atoms with E-state index >= 15 is 0 Å². The van der Waals surface area contributed by atoms with Crippen LogP contribution in [0.1, 0.15) is 0 Å². The summed E-state index contributed by atoms with van der Waals surface area (Å²) in [5, 5.41) is 10.6. The maximum absolute atomic E-state index is 11.7. The molecule has 0 aliphatic carbocycles. The molecule has 0 heterocycles. The van der Waals surface area contributed by atoms with Gasteiger partial charge in [-0.25, -0.2) is 13.1 Å². The van der Waals surface area contributed by atoms with Gasteiger partial charge in [-0.1, -0.05) is 24.2 Å². The SMILES string of the molecule is C=C(Cl)CNS(=O)(=O)c1cccc([N+](=O)[O-])c1. The Morgan fingerprint density at radius 1 is 1.53 bits per heavy atom. The second-order valence-corrected chi connectivity index (χ2v) is 5.40. The first-order chi connectivity index (χ1) is 7.83. The van der Waals surface area contributed by atoms with Crippen molar-refractivity contribution in [3.8, 4) is 0 Å². The zero-order valence-corrected chi connectivity index (χ0v) is 10.2. The van der Waals surface area contributed by atoms with Crippen molar-refractivity contribution in [2.45, 2.75) is 4.90 Å². The van der Waals surface area contributed by atoms with E-state index in [4.69, 9.17) is 11.6 Å². The minimum atomic E-state index is -3.81. The van der Waals surface area contributed by atoms with Gasteiger partial charge in [0.25, 0.3) is 5.69 Å². The maximum Gasteiger partial charge on any atom is 0.270 e. The minimum Gasteiger partial charge on any atom is -0.258 e. The largest absolute Gasteiger partial charge is 0.270 e. The van der Waals surface area contributed by atoms with Crippen LogP contribution in [0.25, 0.3) is 0 Å². The number of nitro benzene ring substituents is 1. The van der Waals surface area contributed by atoms with Gasteiger partial charge in [0.05, 0.1) is 9.82 Å².